The molecule has 0 saturated carbocycles. The molecule has 1 nitrogen and oxygen atoms in total. The Bertz CT molecular complexity index is 617. The van der Waals surface area contributed by atoms with Crippen LogP contribution in [0.3, 0.4) is 0 Å². The van der Waals surface area contributed by atoms with Gasteiger partial charge in [0.25, 0.3) is 0 Å². The number of carbonyl (C=O) groups is 1. The number of alkyl halides is 2. The number of benzene rings is 2. The van der Waals surface area contributed by atoms with Gasteiger partial charge in [-0.3, -0.25) is 4.79 Å². The summed E-state index contributed by atoms with van der Waals surface area (Å²) < 4.78 is 0. The molecule has 0 saturated heterocycles. The Balaban J connectivity index is 2.04. The van der Waals surface area contributed by atoms with Crippen LogP contribution in [-0.4, -0.2) is 5.78 Å². The fraction of sp³-hybridized carbons (Fsp3) is 0.435. The highest BCUT2D eigenvalue weighted by atomic mass is 35.5. The number of rotatable bonds is 10. The van der Waals surface area contributed by atoms with Gasteiger partial charge in [0.15, 0.2) is 5.78 Å². The number of ketones is 1. The van der Waals surface area contributed by atoms with Crippen molar-refractivity contribution in [3.63, 3.8) is 0 Å². The molecule has 2 rings (SSSR count). The zero-order chi connectivity index (χ0) is 18.9. The summed E-state index contributed by atoms with van der Waals surface area (Å²) in [7, 11) is 0. The van der Waals surface area contributed by atoms with Crippen LogP contribution >= 0.6 is 23.2 Å². The summed E-state index contributed by atoms with van der Waals surface area (Å²) in [4.78, 5) is 12.7. The van der Waals surface area contributed by atoms with Gasteiger partial charge in [0.1, 0.15) is 0 Å². The monoisotopic (exact) mass is 390 g/mol. The topological polar surface area (TPSA) is 17.1 Å². The lowest BCUT2D eigenvalue weighted by Crippen LogP contribution is -2.02. The summed E-state index contributed by atoms with van der Waals surface area (Å²) in [5, 5.41) is 0.0318. The van der Waals surface area contributed by atoms with Crippen LogP contribution in [0, 0.1) is 0 Å². The van der Waals surface area contributed by atoms with Crippen molar-refractivity contribution in [3.05, 3.63) is 70.8 Å². The maximum atomic E-state index is 12.7. The molecule has 2 aromatic rings. The Hall–Kier alpha value is -1.31. The summed E-state index contributed by atoms with van der Waals surface area (Å²) in [5.41, 5.74) is 3.53. The van der Waals surface area contributed by atoms with E-state index in [2.05, 4.69) is 13.8 Å². The minimum Gasteiger partial charge on any atom is -0.289 e. The van der Waals surface area contributed by atoms with Crippen molar-refractivity contribution in [2.45, 2.75) is 63.1 Å². The van der Waals surface area contributed by atoms with Crippen molar-refractivity contribution in [1.29, 1.82) is 0 Å². The van der Waals surface area contributed by atoms with E-state index in [-0.39, 0.29) is 16.5 Å². The van der Waals surface area contributed by atoms with Crippen molar-refractivity contribution in [2.24, 2.45) is 0 Å². The first-order valence-corrected chi connectivity index (χ1v) is 10.5. The second-order valence-corrected chi connectivity index (χ2v) is 7.85. The van der Waals surface area contributed by atoms with Gasteiger partial charge in [-0.25, -0.2) is 0 Å². The molecule has 3 heteroatoms. The predicted octanol–water partition coefficient (Wildman–Crippen LogP) is 7.86. The van der Waals surface area contributed by atoms with E-state index < -0.39 is 0 Å². The number of halogens is 2. The molecule has 0 N–H and O–H groups in total. The number of hydrogen-bond acceptors (Lipinski definition) is 1. The van der Waals surface area contributed by atoms with Gasteiger partial charge < -0.3 is 0 Å². The highest BCUT2D eigenvalue weighted by Crippen LogP contribution is 2.28. The van der Waals surface area contributed by atoms with E-state index in [1.807, 2.05) is 48.5 Å². The van der Waals surface area contributed by atoms with Crippen LogP contribution in [0.25, 0.3) is 0 Å². The van der Waals surface area contributed by atoms with E-state index in [9.17, 15) is 4.79 Å². The molecule has 0 heterocycles. The Labute approximate surface area is 167 Å². The molecule has 2 atom stereocenters. The van der Waals surface area contributed by atoms with Crippen LogP contribution in [0.15, 0.2) is 48.5 Å². The first kappa shape index (κ1) is 21.0. The molecule has 2 unspecified atom stereocenters. The standard InChI is InChI=1S/C23H28Cl2O/c1-3-5-7-21(24)17-9-13-19(14-10-17)23(26)20-15-11-18(12-16-20)22(25)8-6-4-2/h9-16,21-22H,3-8H2,1-2H3. The Morgan fingerprint density at radius 1 is 0.731 bits per heavy atom. The maximum absolute atomic E-state index is 12.7. The molecule has 0 radical (unpaired) electrons. The molecular weight excluding hydrogens is 363 g/mol. The molecule has 0 aliphatic heterocycles. The van der Waals surface area contributed by atoms with Gasteiger partial charge in [-0.05, 0) is 24.0 Å². The van der Waals surface area contributed by atoms with E-state index in [0.29, 0.717) is 11.1 Å². The molecule has 26 heavy (non-hydrogen) atoms. The quantitative estimate of drug-likeness (QED) is 0.298. The Morgan fingerprint density at radius 3 is 1.38 bits per heavy atom. The van der Waals surface area contributed by atoms with Crippen molar-refractivity contribution >= 4 is 29.0 Å². The van der Waals surface area contributed by atoms with Crippen molar-refractivity contribution in [2.75, 3.05) is 0 Å². The van der Waals surface area contributed by atoms with Gasteiger partial charge in [0.05, 0.1) is 10.8 Å². The van der Waals surface area contributed by atoms with E-state index in [1.165, 1.54) is 0 Å². The summed E-state index contributed by atoms with van der Waals surface area (Å²) in [6.07, 6.45) is 6.42. The molecule has 0 bridgehead atoms. The lowest BCUT2D eigenvalue weighted by atomic mass is 9.98. The lowest BCUT2D eigenvalue weighted by molar-refractivity contribution is 0.103. The lowest BCUT2D eigenvalue weighted by Gasteiger charge is -2.11. The largest absolute Gasteiger partial charge is 0.289 e. The molecule has 0 spiro atoms. The molecule has 0 aliphatic rings. The van der Waals surface area contributed by atoms with Crippen LogP contribution in [0.4, 0.5) is 0 Å². The second kappa shape index (κ2) is 10.7. The summed E-state index contributed by atoms with van der Waals surface area (Å²) in [5.74, 6) is 0.0301. The van der Waals surface area contributed by atoms with Gasteiger partial charge >= 0.3 is 0 Å². The Morgan fingerprint density at radius 2 is 1.08 bits per heavy atom. The van der Waals surface area contributed by atoms with E-state index in [4.69, 9.17) is 23.2 Å². The Kier molecular flexibility index (Phi) is 8.68. The number of unbranched alkanes of at least 4 members (excludes halogenated alkanes) is 2. The second-order valence-electron chi connectivity index (χ2n) is 6.79. The highest BCUT2D eigenvalue weighted by molar-refractivity contribution is 6.21. The number of hydrogen-bond donors (Lipinski definition) is 0. The van der Waals surface area contributed by atoms with E-state index in [1.54, 1.807) is 0 Å². The van der Waals surface area contributed by atoms with Gasteiger partial charge in [-0.2, -0.15) is 0 Å². The van der Waals surface area contributed by atoms with E-state index >= 15 is 0 Å². The first-order chi connectivity index (χ1) is 12.6. The average molecular weight is 391 g/mol. The van der Waals surface area contributed by atoms with Gasteiger partial charge in [-0.1, -0.05) is 88.1 Å². The molecule has 0 aromatic heterocycles. The third-order valence-corrected chi connectivity index (χ3v) is 5.63. The first-order valence-electron chi connectivity index (χ1n) is 9.59. The molecule has 140 valence electrons. The van der Waals surface area contributed by atoms with Crippen LogP contribution in [0.5, 0.6) is 0 Å². The SMILES string of the molecule is CCCCC(Cl)c1ccc(C(=O)c2ccc(C(Cl)CCCC)cc2)cc1. The minimum absolute atomic E-state index is 0.0159. The van der Waals surface area contributed by atoms with Gasteiger partial charge in [-0.15, -0.1) is 23.2 Å². The highest BCUT2D eigenvalue weighted by Gasteiger charge is 2.13. The summed E-state index contributed by atoms with van der Waals surface area (Å²) in [6, 6.07) is 15.4. The van der Waals surface area contributed by atoms with Crippen LogP contribution in [-0.2, 0) is 0 Å². The van der Waals surface area contributed by atoms with Gasteiger partial charge in [0, 0.05) is 11.1 Å². The van der Waals surface area contributed by atoms with Crippen molar-refractivity contribution in [3.8, 4) is 0 Å². The summed E-state index contributed by atoms with van der Waals surface area (Å²) >= 11 is 12.8. The average Bonchev–Trinajstić information content (AvgIpc) is 2.69. The van der Waals surface area contributed by atoms with Crippen LogP contribution < -0.4 is 0 Å². The van der Waals surface area contributed by atoms with Crippen LogP contribution in [0.1, 0.15) is 90.2 Å². The van der Waals surface area contributed by atoms with Gasteiger partial charge in [0.2, 0.25) is 0 Å². The molecule has 0 amide bonds. The predicted molar refractivity (Wildman–Crippen MR) is 113 cm³/mol. The fourth-order valence-corrected chi connectivity index (χ4v) is 3.55. The normalized spacial score (nSPS) is 13.4. The third-order valence-electron chi connectivity index (χ3n) is 4.69. The fourth-order valence-electron chi connectivity index (χ4n) is 2.95. The molecule has 2 aromatic carbocycles. The van der Waals surface area contributed by atoms with Crippen molar-refractivity contribution < 1.29 is 4.79 Å². The zero-order valence-corrected chi connectivity index (χ0v) is 17.2. The molecular formula is C23H28Cl2O. The van der Waals surface area contributed by atoms with E-state index in [0.717, 1.165) is 49.7 Å². The van der Waals surface area contributed by atoms with Crippen LogP contribution in [0.2, 0.25) is 0 Å². The number of carbonyl (C=O) groups excluding carboxylic acids is 1. The summed E-state index contributed by atoms with van der Waals surface area (Å²) in [6.45, 7) is 4.32. The smallest absolute Gasteiger partial charge is 0.193 e. The third kappa shape index (κ3) is 5.86. The minimum atomic E-state index is 0.0159. The molecule has 0 aliphatic carbocycles. The molecule has 0 fully saturated rings. The maximum Gasteiger partial charge on any atom is 0.193 e. The zero-order valence-electron chi connectivity index (χ0n) is 15.7. The van der Waals surface area contributed by atoms with Crippen molar-refractivity contribution in [1.82, 2.24) is 0 Å².